The Morgan fingerprint density at radius 3 is 2.42 bits per heavy atom. The lowest BCUT2D eigenvalue weighted by atomic mass is 9.90. The molecule has 0 aromatic carbocycles. The van der Waals surface area contributed by atoms with Gasteiger partial charge in [-0.2, -0.15) is 0 Å². The number of rotatable bonds is 5. The lowest BCUT2D eigenvalue weighted by Gasteiger charge is -2.34. The highest BCUT2D eigenvalue weighted by Gasteiger charge is 2.59. The van der Waals surface area contributed by atoms with Crippen LogP contribution in [0.2, 0.25) is 0 Å². The highest BCUT2D eigenvalue weighted by molar-refractivity contribution is 5.81. The van der Waals surface area contributed by atoms with Crippen molar-refractivity contribution in [3.8, 4) is 0 Å². The number of hydrogen-bond donors (Lipinski definition) is 1. The molecule has 0 bridgehead atoms. The van der Waals surface area contributed by atoms with Crippen LogP contribution in [0.5, 0.6) is 0 Å². The van der Waals surface area contributed by atoms with Crippen molar-refractivity contribution in [3.05, 3.63) is 0 Å². The number of likely N-dealkylation sites (tertiary alicyclic amines) is 1. The highest BCUT2D eigenvalue weighted by Crippen LogP contribution is 2.59. The molecule has 19 heavy (non-hydrogen) atoms. The standard InChI is InChI=1S/C14H23NO4/c1-3-11(19-4-2)12(16)15-7-5-14(6-8-15)9-10(14)13(17)18/h10-11H,3-9H2,1-2H3,(H,17,18). The first-order chi connectivity index (χ1) is 9.04. The molecule has 2 fully saturated rings. The van der Waals surface area contributed by atoms with Crippen molar-refractivity contribution in [2.75, 3.05) is 19.7 Å². The molecule has 0 aromatic rings. The molecule has 1 aliphatic heterocycles. The van der Waals surface area contributed by atoms with E-state index in [0.29, 0.717) is 26.1 Å². The first kappa shape index (κ1) is 14.3. The van der Waals surface area contributed by atoms with Crippen LogP contribution in [0.15, 0.2) is 0 Å². The largest absolute Gasteiger partial charge is 0.481 e. The van der Waals surface area contributed by atoms with Crippen LogP contribution in [0, 0.1) is 11.3 Å². The molecule has 1 N–H and O–H groups in total. The molecule has 1 saturated heterocycles. The van der Waals surface area contributed by atoms with Crippen molar-refractivity contribution in [1.82, 2.24) is 4.90 Å². The van der Waals surface area contributed by atoms with Crippen LogP contribution >= 0.6 is 0 Å². The number of amides is 1. The summed E-state index contributed by atoms with van der Waals surface area (Å²) in [5.74, 6) is -0.800. The van der Waals surface area contributed by atoms with Gasteiger partial charge in [-0.25, -0.2) is 0 Å². The predicted molar refractivity (Wildman–Crippen MR) is 69.7 cm³/mol. The summed E-state index contributed by atoms with van der Waals surface area (Å²) in [6.45, 7) is 5.73. The van der Waals surface area contributed by atoms with E-state index in [-0.39, 0.29) is 23.3 Å². The van der Waals surface area contributed by atoms with Crippen LogP contribution in [-0.4, -0.2) is 47.7 Å². The first-order valence-electron chi connectivity index (χ1n) is 7.17. The van der Waals surface area contributed by atoms with E-state index >= 15 is 0 Å². The van der Waals surface area contributed by atoms with Crippen LogP contribution in [-0.2, 0) is 14.3 Å². The van der Waals surface area contributed by atoms with Gasteiger partial charge in [-0.15, -0.1) is 0 Å². The molecule has 1 saturated carbocycles. The van der Waals surface area contributed by atoms with Crippen LogP contribution < -0.4 is 0 Å². The monoisotopic (exact) mass is 269 g/mol. The highest BCUT2D eigenvalue weighted by atomic mass is 16.5. The van der Waals surface area contributed by atoms with Gasteiger partial charge in [0.25, 0.3) is 5.91 Å². The van der Waals surface area contributed by atoms with Gasteiger partial charge >= 0.3 is 5.97 Å². The normalized spacial score (nSPS) is 26.2. The summed E-state index contributed by atoms with van der Waals surface area (Å²) in [5.41, 5.74) is -0.0179. The van der Waals surface area contributed by atoms with Crippen LogP contribution in [0.25, 0.3) is 0 Å². The minimum Gasteiger partial charge on any atom is -0.481 e. The molecule has 0 radical (unpaired) electrons. The summed E-state index contributed by atoms with van der Waals surface area (Å²) in [7, 11) is 0. The summed E-state index contributed by atoms with van der Waals surface area (Å²) in [5, 5.41) is 9.04. The van der Waals surface area contributed by atoms with E-state index < -0.39 is 5.97 Å². The fraction of sp³-hybridized carbons (Fsp3) is 0.857. The smallest absolute Gasteiger partial charge is 0.307 e. The van der Waals surface area contributed by atoms with Gasteiger partial charge in [0.1, 0.15) is 6.10 Å². The second kappa shape index (κ2) is 5.49. The maximum atomic E-state index is 12.3. The van der Waals surface area contributed by atoms with Gasteiger partial charge in [-0.3, -0.25) is 9.59 Å². The lowest BCUT2D eigenvalue weighted by Crippen LogP contribution is -2.45. The van der Waals surface area contributed by atoms with Crippen molar-refractivity contribution in [3.63, 3.8) is 0 Å². The van der Waals surface area contributed by atoms with E-state index in [1.165, 1.54) is 0 Å². The Hall–Kier alpha value is -1.10. The molecule has 2 rings (SSSR count). The molecule has 5 heteroatoms. The van der Waals surface area contributed by atoms with E-state index in [9.17, 15) is 9.59 Å². The van der Waals surface area contributed by atoms with E-state index in [0.717, 1.165) is 19.3 Å². The maximum Gasteiger partial charge on any atom is 0.307 e. The van der Waals surface area contributed by atoms with Crippen molar-refractivity contribution in [2.45, 2.75) is 45.6 Å². The molecule has 108 valence electrons. The molecule has 1 spiro atoms. The second-order valence-corrected chi connectivity index (χ2v) is 5.63. The Labute approximate surface area is 113 Å². The molecule has 1 aliphatic carbocycles. The topological polar surface area (TPSA) is 66.8 Å². The van der Waals surface area contributed by atoms with Gasteiger partial charge in [0.2, 0.25) is 0 Å². The molecular formula is C14H23NO4. The van der Waals surface area contributed by atoms with E-state index in [1.807, 2.05) is 18.7 Å². The van der Waals surface area contributed by atoms with Crippen LogP contribution in [0.3, 0.4) is 0 Å². The zero-order chi connectivity index (χ0) is 14.0. The number of carboxylic acid groups (broad SMARTS) is 1. The Morgan fingerprint density at radius 1 is 1.37 bits per heavy atom. The lowest BCUT2D eigenvalue weighted by molar-refractivity contribution is -0.145. The zero-order valence-corrected chi connectivity index (χ0v) is 11.7. The van der Waals surface area contributed by atoms with Crippen molar-refractivity contribution >= 4 is 11.9 Å². The molecule has 2 aliphatic rings. The molecular weight excluding hydrogens is 246 g/mol. The quantitative estimate of drug-likeness (QED) is 0.821. The predicted octanol–water partition coefficient (Wildman–Crippen LogP) is 1.51. The number of hydrogen-bond acceptors (Lipinski definition) is 3. The van der Waals surface area contributed by atoms with Gasteiger partial charge < -0.3 is 14.7 Å². The number of carboxylic acids is 1. The van der Waals surface area contributed by atoms with Gasteiger partial charge in [0.05, 0.1) is 5.92 Å². The van der Waals surface area contributed by atoms with Gasteiger partial charge in [0, 0.05) is 19.7 Å². The summed E-state index contributed by atoms with van der Waals surface area (Å²) in [6.07, 6.45) is 2.77. The molecule has 1 amide bonds. The molecule has 0 aromatic heterocycles. The molecule has 2 atom stereocenters. The average Bonchev–Trinajstić information content (AvgIpc) is 3.10. The average molecular weight is 269 g/mol. The third-order valence-electron chi connectivity index (χ3n) is 4.57. The fourth-order valence-electron chi connectivity index (χ4n) is 3.19. The Morgan fingerprint density at radius 2 is 2.00 bits per heavy atom. The number of aliphatic carboxylic acids is 1. The zero-order valence-electron chi connectivity index (χ0n) is 11.7. The summed E-state index contributed by atoms with van der Waals surface area (Å²) in [6, 6.07) is 0. The third-order valence-corrected chi connectivity index (χ3v) is 4.57. The summed E-state index contributed by atoms with van der Waals surface area (Å²) < 4.78 is 5.45. The maximum absolute atomic E-state index is 12.3. The van der Waals surface area contributed by atoms with Crippen molar-refractivity contribution in [1.29, 1.82) is 0 Å². The van der Waals surface area contributed by atoms with E-state index in [1.54, 1.807) is 0 Å². The molecule has 5 nitrogen and oxygen atoms in total. The molecule has 1 heterocycles. The second-order valence-electron chi connectivity index (χ2n) is 5.63. The first-order valence-corrected chi connectivity index (χ1v) is 7.17. The fourth-order valence-corrected chi connectivity index (χ4v) is 3.19. The van der Waals surface area contributed by atoms with Crippen molar-refractivity contribution < 1.29 is 19.4 Å². The minimum atomic E-state index is -0.680. The Balaban J connectivity index is 1.86. The van der Waals surface area contributed by atoms with Crippen LogP contribution in [0.1, 0.15) is 39.5 Å². The Kier molecular flexibility index (Phi) is 4.13. The van der Waals surface area contributed by atoms with Gasteiger partial charge in [0.15, 0.2) is 0 Å². The van der Waals surface area contributed by atoms with E-state index in [2.05, 4.69) is 0 Å². The number of ether oxygens (including phenoxy) is 1. The van der Waals surface area contributed by atoms with Crippen molar-refractivity contribution in [2.24, 2.45) is 11.3 Å². The van der Waals surface area contributed by atoms with Gasteiger partial charge in [-0.1, -0.05) is 6.92 Å². The van der Waals surface area contributed by atoms with Gasteiger partial charge in [-0.05, 0) is 38.0 Å². The number of carbonyl (C=O) groups excluding carboxylic acids is 1. The third kappa shape index (κ3) is 2.76. The summed E-state index contributed by atoms with van der Waals surface area (Å²) in [4.78, 5) is 25.1. The number of carbonyl (C=O) groups is 2. The minimum absolute atomic E-state index is 0.0179. The number of piperidine rings is 1. The van der Waals surface area contributed by atoms with Crippen LogP contribution in [0.4, 0.5) is 0 Å². The Bertz CT molecular complexity index is 360. The number of nitrogens with zero attached hydrogens (tertiary/aromatic N) is 1. The SMILES string of the molecule is CCOC(CC)C(=O)N1CCC2(CC1)CC2C(=O)O. The molecule has 2 unspecified atom stereocenters. The summed E-state index contributed by atoms with van der Waals surface area (Å²) >= 11 is 0. The van der Waals surface area contributed by atoms with E-state index in [4.69, 9.17) is 9.84 Å².